The van der Waals surface area contributed by atoms with Crippen molar-refractivity contribution in [2.45, 2.75) is 43.1 Å². The van der Waals surface area contributed by atoms with Crippen LogP contribution in [0.1, 0.15) is 36.8 Å². The molecule has 0 saturated heterocycles. The summed E-state index contributed by atoms with van der Waals surface area (Å²) in [5.41, 5.74) is 6.44. The highest BCUT2D eigenvalue weighted by Crippen LogP contribution is 2.37. The van der Waals surface area contributed by atoms with Gasteiger partial charge in [0.2, 0.25) is 11.1 Å². The summed E-state index contributed by atoms with van der Waals surface area (Å²) < 4.78 is 1.90. The number of fused-ring (bicyclic) bond motifs is 1. The minimum Gasteiger partial charge on any atom is -0.325 e. The largest absolute Gasteiger partial charge is 0.325 e. The van der Waals surface area contributed by atoms with Crippen LogP contribution in [0.2, 0.25) is 5.02 Å². The van der Waals surface area contributed by atoms with Crippen LogP contribution < -0.4 is 10.7 Å². The van der Waals surface area contributed by atoms with Gasteiger partial charge in [0.25, 0.3) is 0 Å². The first kappa shape index (κ1) is 19.8. The lowest BCUT2D eigenvalue weighted by Crippen LogP contribution is -2.41. The van der Waals surface area contributed by atoms with E-state index in [0.717, 1.165) is 24.2 Å². The third kappa shape index (κ3) is 4.11. The number of hydrogen-bond acceptors (Lipinski definition) is 5. The second-order valence-corrected chi connectivity index (χ2v) is 8.37. The summed E-state index contributed by atoms with van der Waals surface area (Å²) in [5.74, 6) is 0.734. The molecule has 2 N–H and O–H groups in total. The fourth-order valence-corrected chi connectivity index (χ4v) is 4.61. The molecule has 0 fully saturated rings. The van der Waals surface area contributed by atoms with Gasteiger partial charge in [-0.1, -0.05) is 67.5 Å². The number of halogens is 1. The SMILES string of the molecule is CCc1ccc(C2Nn3c(CC)nnc3SC2C(=O)Nc2cccc(Cl)c2)cc1. The number of anilines is 1. The number of carbonyl (C=O) groups excluding carboxylic acids is 1. The number of thioether (sulfide) groups is 1. The van der Waals surface area contributed by atoms with Crippen LogP contribution in [0.15, 0.2) is 53.7 Å². The molecule has 0 saturated carbocycles. The fourth-order valence-electron chi connectivity index (χ4n) is 3.32. The van der Waals surface area contributed by atoms with E-state index in [4.69, 9.17) is 11.6 Å². The number of aromatic nitrogens is 3. The van der Waals surface area contributed by atoms with Gasteiger partial charge in [-0.25, -0.2) is 4.68 Å². The first-order chi connectivity index (χ1) is 14.1. The first-order valence-electron chi connectivity index (χ1n) is 9.61. The molecule has 0 radical (unpaired) electrons. The third-order valence-electron chi connectivity index (χ3n) is 4.92. The Bertz CT molecular complexity index is 1020. The Balaban J connectivity index is 1.66. The molecule has 29 heavy (non-hydrogen) atoms. The quantitative estimate of drug-likeness (QED) is 0.629. The molecule has 2 atom stereocenters. The van der Waals surface area contributed by atoms with E-state index in [1.165, 1.54) is 17.3 Å². The van der Waals surface area contributed by atoms with Crippen LogP contribution in [0.3, 0.4) is 0 Å². The van der Waals surface area contributed by atoms with Gasteiger partial charge in [-0.3, -0.25) is 4.79 Å². The smallest absolute Gasteiger partial charge is 0.240 e. The number of nitrogens with one attached hydrogen (secondary N) is 2. The number of hydrogen-bond donors (Lipinski definition) is 2. The van der Waals surface area contributed by atoms with Gasteiger partial charge in [0.1, 0.15) is 5.25 Å². The zero-order valence-electron chi connectivity index (χ0n) is 16.2. The zero-order valence-corrected chi connectivity index (χ0v) is 17.8. The van der Waals surface area contributed by atoms with E-state index in [9.17, 15) is 4.79 Å². The summed E-state index contributed by atoms with van der Waals surface area (Å²) in [4.78, 5) is 13.2. The highest BCUT2D eigenvalue weighted by Gasteiger charge is 2.37. The summed E-state index contributed by atoms with van der Waals surface area (Å²) in [7, 11) is 0. The van der Waals surface area contributed by atoms with Gasteiger partial charge in [0.15, 0.2) is 5.82 Å². The van der Waals surface area contributed by atoms with Crippen LogP contribution in [0, 0.1) is 0 Å². The molecular formula is C21H22ClN5OS. The first-order valence-corrected chi connectivity index (χ1v) is 10.9. The fraction of sp³-hybridized carbons (Fsp3) is 0.286. The summed E-state index contributed by atoms with van der Waals surface area (Å²) >= 11 is 7.48. The summed E-state index contributed by atoms with van der Waals surface area (Å²) in [5, 5.41) is 12.3. The molecule has 2 unspecified atom stereocenters. The maximum Gasteiger partial charge on any atom is 0.240 e. The molecule has 1 aliphatic rings. The number of carbonyl (C=O) groups is 1. The number of amides is 1. The number of nitrogens with zero attached hydrogens (tertiary/aromatic N) is 3. The summed E-state index contributed by atoms with van der Waals surface area (Å²) in [6, 6.07) is 15.3. The molecule has 0 spiro atoms. The van der Waals surface area contributed by atoms with Crippen molar-refractivity contribution in [3.05, 3.63) is 70.5 Å². The third-order valence-corrected chi connectivity index (χ3v) is 6.37. The predicted octanol–water partition coefficient (Wildman–Crippen LogP) is 4.45. The van der Waals surface area contributed by atoms with Crippen molar-refractivity contribution in [1.29, 1.82) is 0 Å². The predicted molar refractivity (Wildman–Crippen MR) is 117 cm³/mol. The molecule has 1 aromatic heterocycles. The number of benzene rings is 2. The number of aryl methyl sites for hydroxylation is 2. The van der Waals surface area contributed by atoms with Gasteiger partial charge >= 0.3 is 0 Å². The van der Waals surface area contributed by atoms with Crippen molar-refractivity contribution >= 4 is 35.0 Å². The van der Waals surface area contributed by atoms with Crippen molar-refractivity contribution in [2.24, 2.45) is 0 Å². The van der Waals surface area contributed by atoms with Crippen LogP contribution in [0.25, 0.3) is 0 Å². The average Bonchev–Trinajstić information content (AvgIpc) is 3.15. The van der Waals surface area contributed by atoms with Gasteiger partial charge in [0.05, 0.1) is 6.04 Å². The molecule has 3 aromatic rings. The van der Waals surface area contributed by atoms with Crippen LogP contribution in [0.4, 0.5) is 5.69 Å². The zero-order chi connectivity index (χ0) is 20.4. The van der Waals surface area contributed by atoms with E-state index in [-0.39, 0.29) is 11.9 Å². The molecule has 2 aromatic carbocycles. The Kier molecular flexibility index (Phi) is 5.78. The van der Waals surface area contributed by atoms with Crippen LogP contribution in [0.5, 0.6) is 0 Å². The molecule has 0 bridgehead atoms. The molecule has 4 rings (SSSR count). The molecule has 2 heterocycles. The van der Waals surface area contributed by atoms with E-state index in [1.54, 1.807) is 12.1 Å². The van der Waals surface area contributed by atoms with Gasteiger partial charge in [-0.15, -0.1) is 10.2 Å². The van der Waals surface area contributed by atoms with E-state index in [1.807, 2.05) is 23.7 Å². The van der Waals surface area contributed by atoms with E-state index in [2.05, 4.69) is 52.1 Å². The maximum absolute atomic E-state index is 13.2. The Labute approximate surface area is 179 Å². The van der Waals surface area contributed by atoms with Gasteiger partial charge in [-0.05, 0) is 35.7 Å². The minimum atomic E-state index is -0.414. The van der Waals surface area contributed by atoms with E-state index < -0.39 is 5.25 Å². The lowest BCUT2D eigenvalue weighted by molar-refractivity contribution is -0.116. The van der Waals surface area contributed by atoms with Crippen LogP contribution in [-0.4, -0.2) is 26.0 Å². The number of rotatable bonds is 5. The second-order valence-electron chi connectivity index (χ2n) is 6.83. The molecule has 8 heteroatoms. The Morgan fingerprint density at radius 3 is 2.66 bits per heavy atom. The molecular weight excluding hydrogens is 406 g/mol. The van der Waals surface area contributed by atoms with Crippen molar-refractivity contribution in [2.75, 3.05) is 10.7 Å². The second kappa shape index (κ2) is 8.47. The van der Waals surface area contributed by atoms with E-state index in [0.29, 0.717) is 15.9 Å². The van der Waals surface area contributed by atoms with Gasteiger partial charge in [-0.2, -0.15) is 0 Å². The van der Waals surface area contributed by atoms with Crippen molar-refractivity contribution in [3.8, 4) is 0 Å². The highest BCUT2D eigenvalue weighted by molar-refractivity contribution is 8.00. The monoisotopic (exact) mass is 427 g/mol. The lowest BCUT2D eigenvalue weighted by atomic mass is 10.0. The van der Waals surface area contributed by atoms with Crippen LogP contribution in [-0.2, 0) is 17.6 Å². The standard InChI is InChI=1S/C21H22ClN5OS/c1-3-13-8-10-14(11-9-13)18-19(20(28)23-16-7-5-6-15(22)12-16)29-21-25-24-17(4-2)27(21)26-18/h5-12,18-19,26H,3-4H2,1-2H3,(H,23,28). The summed E-state index contributed by atoms with van der Waals surface area (Å²) in [6.07, 6.45) is 1.73. The van der Waals surface area contributed by atoms with Crippen molar-refractivity contribution in [1.82, 2.24) is 14.9 Å². The molecule has 6 nitrogen and oxygen atoms in total. The Morgan fingerprint density at radius 1 is 1.17 bits per heavy atom. The normalized spacial score (nSPS) is 18.0. The molecule has 0 aliphatic carbocycles. The average molecular weight is 428 g/mol. The summed E-state index contributed by atoms with van der Waals surface area (Å²) in [6.45, 7) is 4.16. The van der Waals surface area contributed by atoms with Crippen molar-refractivity contribution < 1.29 is 4.79 Å². The Hall–Kier alpha value is -2.51. The molecule has 150 valence electrons. The lowest BCUT2D eigenvalue weighted by Gasteiger charge is -2.33. The highest BCUT2D eigenvalue weighted by atomic mass is 35.5. The topological polar surface area (TPSA) is 71.8 Å². The van der Waals surface area contributed by atoms with Gasteiger partial charge in [0, 0.05) is 17.1 Å². The van der Waals surface area contributed by atoms with Gasteiger partial charge < -0.3 is 10.7 Å². The van der Waals surface area contributed by atoms with E-state index >= 15 is 0 Å². The van der Waals surface area contributed by atoms with Crippen LogP contribution >= 0.6 is 23.4 Å². The maximum atomic E-state index is 13.2. The molecule has 1 amide bonds. The minimum absolute atomic E-state index is 0.110. The Morgan fingerprint density at radius 2 is 1.97 bits per heavy atom. The molecule has 1 aliphatic heterocycles. The van der Waals surface area contributed by atoms with Crippen molar-refractivity contribution in [3.63, 3.8) is 0 Å².